The molecule has 4 heteroatoms. The highest BCUT2D eigenvalue weighted by Gasteiger charge is 2.26. The van der Waals surface area contributed by atoms with E-state index in [0.717, 1.165) is 38.5 Å². The zero-order valence-electron chi connectivity index (χ0n) is 15.1. The van der Waals surface area contributed by atoms with Gasteiger partial charge in [-0.3, -0.25) is 4.90 Å². The van der Waals surface area contributed by atoms with Crippen LogP contribution in [0.25, 0.3) is 0 Å². The monoisotopic (exact) mass is 336 g/mol. The van der Waals surface area contributed by atoms with Crippen molar-refractivity contribution in [2.45, 2.75) is 25.4 Å². The van der Waals surface area contributed by atoms with Crippen molar-refractivity contribution in [2.24, 2.45) is 0 Å². The summed E-state index contributed by atoms with van der Waals surface area (Å²) in [5.74, 6) is 1.13. The average Bonchev–Trinajstić information content (AvgIpc) is 3.11. The molecule has 1 atom stereocenters. The first-order valence-electron chi connectivity index (χ1n) is 9.47. The van der Waals surface area contributed by atoms with Crippen LogP contribution in [-0.2, 0) is 6.54 Å². The number of hydrogen-bond donors (Lipinski definition) is 0. The van der Waals surface area contributed by atoms with Crippen LogP contribution in [0.1, 0.15) is 30.0 Å². The smallest absolute Gasteiger partial charge is 0.128 e. The summed E-state index contributed by atoms with van der Waals surface area (Å²) in [6.45, 7) is 6.61. The van der Waals surface area contributed by atoms with E-state index in [1.807, 2.05) is 0 Å². The fraction of sp³-hybridized carbons (Fsp3) is 0.476. The SMILES string of the molecule is CN1CCN(c2ccc([C@@H]3CCCN3Cc3ccccc3)cn2)CC1. The first-order valence-corrected chi connectivity index (χ1v) is 9.47. The maximum Gasteiger partial charge on any atom is 0.128 e. The Hall–Kier alpha value is -1.91. The van der Waals surface area contributed by atoms with Crippen LogP contribution in [0.15, 0.2) is 48.7 Å². The van der Waals surface area contributed by atoms with E-state index < -0.39 is 0 Å². The van der Waals surface area contributed by atoms with Gasteiger partial charge in [-0.2, -0.15) is 0 Å². The molecule has 0 aliphatic carbocycles. The van der Waals surface area contributed by atoms with Crippen molar-refractivity contribution in [3.8, 4) is 0 Å². The number of benzene rings is 1. The van der Waals surface area contributed by atoms with E-state index in [0.29, 0.717) is 6.04 Å². The van der Waals surface area contributed by atoms with E-state index in [9.17, 15) is 0 Å². The molecule has 2 aliphatic heterocycles. The normalized spacial score (nSPS) is 22.4. The summed E-state index contributed by atoms with van der Waals surface area (Å²) >= 11 is 0. The highest BCUT2D eigenvalue weighted by atomic mass is 15.3. The summed E-state index contributed by atoms with van der Waals surface area (Å²) in [6, 6.07) is 15.8. The Morgan fingerprint density at radius 2 is 1.76 bits per heavy atom. The van der Waals surface area contributed by atoms with Crippen LogP contribution >= 0.6 is 0 Å². The molecule has 25 heavy (non-hydrogen) atoms. The standard InChI is InChI=1S/C21H28N4/c1-23-12-14-24(15-13-23)21-10-9-19(16-22-21)20-8-5-11-25(20)17-18-6-3-2-4-7-18/h2-4,6-7,9-10,16,20H,5,8,11-15,17H2,1H3/t20-/m0/s1. The summed E-state index contributed by atoms with van der Waals surface area (Å²) in [6.07, 6.45) is 4.63. The van der Waals surface area contributed by atoms with Crippen molar-refractivity contribution in [1.82, 2.24) is 14.8 Å². The second-order valence-electron chi connectivity index (χ2n) is 7.35. The average molecular weight is 336 g/mol. The Labute approximate surface area is 151 Å². The van der Waals surface area contributed by atoms with Crippen molar-refractivity contribution in [3.63, 3.8) is 0 Å². The van der Waals surface area contributed by atoms with Gasteiger partial charge in [0.2, 0.25) is 0 Å². The second kappa shape index (κ2) is 7.54. The summed E-state index contributed by atoms with van der Waals surface area (Å²) in [4.78, 5) is 12.2. The molecule has 2 aromatic rings. The lowest BCUT2D eigenvalue weighted by Crippen LogP contribution is -2.44. The van der Waals surface area contributed by atoms with Crippen LogP contribution in [0.4, 0.5) is 5.82 Å². The number of piperazine rings is 1. The largest absolute Gasteiger partial charge is 0.354 e. The molecule has 0 spiro atoms. The molecule has 0 radical (unpaired) electrons. The Kier molecular flexibility index (Phi) is 4.99. The van der Waals surface area contributed by atoms with Crippen molar-refractivity contribution in [1.29, 1.82) is 0 Å². The predicted molar refractivity (Wildman–Crippen MR) is 103 cm³/mol. The van der Waals surface area contributed by atoms with Crippen molar-refractivity contribution < 1.29 is 0 Å². The van der Waals surface area contributed by atoms with Crippen molar-refractivity contribution >= 4 is 5.82 Å². The third kappa shape index (κ3) is 3.86. The van der Waals surface area contributed by atoms with Gasteiger partial charge in [0, 0.05) is 45.0 Å². The molecular formula is C21H28N4. The molecule has 0 amide bonds. The Morgan fingerprint density at radius 1 is 0.960 bits per heavy atom. The van der Waals surface area contributed by atoms with Gasteiger partial charge in [0.05, 0.1) is 0 Å². The molecule has 132 valence electrons. The molecule has 4 rings (SSSR count). The van der Waals surface area contributed by atoms with Crippen LogP contribution in [-0.4, -0.2) is 54.6 Å². The van der Waals surface area contributed by atoms with Crippen molar-refractivity contribution in [2.75, 3.05) is 44.7 Å². The predicted octanol–water partition coefficient (Wildman–Crippen LogP) is 3.17. The van der Waals surface area contributed by atoms with Gasteiger partial charge < -0.3 is 9.80 Å². The van der Waals surface area contributed by atoms with Crippen LogP contribution in [0.2, 0.25) is 0 Å². The third-order valence-electron chi connectivity index (χ3n) is 5.57. The molecule has 3 heterocycles. The van der Waals surface area contributed by atoms with Gasteiger partial charge in [-0.15, -0.1) is 0 Å². The van der Waals surface area contributed by atoms with Gasteiger partial charge in [0.1, 0.15) is 5.82 Å². The molecule has 2 fully saturated rings. The topological polar surface area (TPSA) is 22.6 Å². The minimum atomic E-state index is 0.509. The van der Waals surface area contributed by atoms with Gasteiger partial charge in [-0.05, 0) is 43.6 Å². The van der Waals surface area contributed by atoms with E-state index >= 15 is 0 Å². The Bertz CT molecular complexity index is 662. The van der Waals surface area contributed by atoms with Gasteiger partial charge >= 0.3 is 0 Å². The fourth-order valence-electron chi connectivity index (χ4n) is 4.03. The first kappa shape index (κ1) is 16.6. The maximum atomic E-state index is 4.79. The molecule has 1 aromatic carbocycles. The van der Waals surface area contributed by atoms with Crippen LogP contribution < -0.4 is 4.90 Å². The van der Waals surface area contributed by atoms with Gasteiger partial charge in [-0.25, -0.2) is 4.98 Å². The Morgan fingerprint density at radius 3 is 2.48 bits per heavy atom. The zero-order valence-corrected chi connectivity index (χ0v) is 15.1. The zero-order chi connectivity index (χ0) is 17.1. The molecule has 2 saturated heterocycles. The van der Waals surface area contributed by atoms with E-state index in [1.54, 1.807) is 0 Å². The molecule has 2 aliphatic rings. The number of hydrogen-bond acceptors (Lipinski definition) is 4. The lowest BCUT2D eigenvalue weighted by molar-refractivity contribution is 0.248. The first-order chi connectivity index (χ1) is 12.3. The minimum absolute atomic E-state index is 0.509. The molecule has 0 N–H and O–H groups in total. The summed E-state index contributed by atoms with van der Waals surface area (Å²) in [5, 5.41) is 0. The number of likely N-dealkylation sites (N-methyl/N-ethyl adjacent to an activating group) is 1. The fourth-order valence-corrected chi connectivity index (χ4v) is 4.03. The summed E-state index contributed by atoms with van der Waals surface area (Å²) < 4.78 is 0. The highest BCUT2D eigenvalue weighted by molar-refractivity contribution is 5.40. The number of aromatic nitrogens is 1. The van der Waals surface area contributed by atoms with Crippen LogP contribution in [0, 0.1) is 0 Å². The lowest BCUT2D eigenvalue weighted by Gasteiger charge is -2.33. The third-order valence-corrected chi connectivity index (χ3v) is 5.57. The molecule has 4 nitrogen and oxygen atoms in total. The number of nitrogens with zero attached hydrogens (tertiary/aromatic N) is 4. The number of likely N-dealkylation sites (tertiary alicyclic amines) is 1. The lowest BCUT2D eigenvalue weighted by atomic mass is 10.1. The van der Waals surface area contributed by atoms with Gasteiger partial charge in [0.15, 0.2) is 0 Å². The second-order valence-corrected chi connectivity index (χ2v) is 7.35. The quantitative estimate of drug-likeness (QED) is 0.855. The minimum Gasteiger partial charge on any atom is -0.354 e. The molecule has 0 unspecified atom stereocenters. The van der Waals surface area contributed by atoms with Crippen LogP contribution in [0.5, 0.6) is 0 Å². The van der Waals surface area contributed by atoms with Gasteiger partial charge in [-0.1, -0.05) is 36.4 Å². The highest BCUT2D eigenvalue weighted by Crippen LogP contribution is 2.33. The summed E-state index contributed by atoms with van der Waals surface area (Å²) in [5.41, 5.74) is 2.77. The van der Waals surface area contributed by atoms with Gasteiger partial charge in [0.25, 0.3) is 0 Å². The van der Waals surface area contributed by atoms with E-state index in [-0.39, 0.29) is 0 Å². The Balaban J connectivity index is 1.44. The number of rotatable bonds is 4. The summed E-state index contributed by atoms with van der Waals surface area (Å²) in [7, 11) is 2.19. The molecule has 1 aromatic heterocycles. The number of pyridine rings is 1. The number of anilines is 1. The molecule has 0 saturated carbocycles. The van der Waals surface area contributed by atoms with E-state index in [4.69, 9.17) is 4.98 Å². The molecular weight excluding hydrogens is 308 g/mol. The van der Waals surface area contributed by atoms with E-state index in [2.05, 4.69) is 70.4 Å². The van der Waals surface area contributed by atoms with Crippen molar-refractivity contribution in [3.05, 3.63) is 59.8 Å². The molecule has 0 bridgehead atoms. The maximum absolute atomic E-state index is 4.79. The van der Waals surface area contributed by atoms with E-state index in [1.165, 1.54) is 30.5 Å². The van der Waals surface area contributed by atoms with Crippen LogP contribution in [0.3, 0.4) is 0 Å².